The van der Waals surface area contributed by atoms with E-state index in [1.54, 1.807) is 7.05 Å². The second-order valence-electron chi connectivity index (χ2n) is 6.37. The van der Waals surface area contributed by atoms with Gasteiger partial charge < -0.3 is 14.2 Å². The van der Waals surface area contributed by atoms with Crippen LogP contribution in [0.3, 0.4) is 0 Å². The summed E-state index contributed by atoms with van der Waals surface area (Å²) in [6, 6.07) is 7.71. The van der Waals surface area contributed by atoms with E-state index < -0.39 is 35.1 Å². The van der Waals surface area contributed by atoms with Crippen molar-refractivity contribution in [1.29, 1.82) is 0 Å². The molecule has 0 aliphatic carbocycles. The summed E-state index contributed by atoms with van der Waals surface area (Å²) < 4.78 is 36.2. The van der Waals surface area contributed by atoms with E-state index in [1.807, 2.05) is 31.2 Å². The zero-order valence-corrected chi connectivity index (χ0v) is 17.0. The van der Waals surface area contributed by atoms with Gasteiger partial charge in [-0.3, -0.25) is 9.59 Å². The van der Waals surface area contributed by atoms with Crippen LogP contribution in [0.1, 0.15) is 22.6 Å². The fraction of sp³-hybridized carbons (Fsp3) is 0.389. The quantitative estimate of drug-likeness (QED) is 0.648. The van der Waals surface area contributed by atoms with E-state index in [2.05, 4.69) is 9.88 Å². The zero-order chi connectivity index (χ0) is 20.9. The second kappa shape index (κ2) is 8.98. The van der Waals surface area contributed by atoms with Crippen molar-refractivity contribution in [3.8, 4) is 0 Å². The summed E-state index contributed by atoms with van der Waals surface area (Å²) in [6.07, 6.45) is 0. The molecular weight excluding hydrogens is 386 g/mol. The number of rotatable bonds is 8. The highest BCUT2D eigenvalue weighted by atomic mass is 32.2. The van der Waals surface area contributed by atoms with Gasteiger partial charge in [0.2, 0.25) is 10.0 Å². The van der Waals surface area contributed by atoms with Gasteiger partial charge in [-0.2, -0.15) is 4.72 Å². The van der Waals surface area contributed by atoms with Gasteiger partial charge in [-0.15, -0.1) is 0 Å². The smallest absolute Gasteiger partial charge is 0.321 e. The third-order valence-corrected chi connectivity index (χ3v) is 5.61. The highest BCUT2D eigenvalue weighted by Crippen LogP contribution is 2.18. The Balaban J connectivity index is 1.81. The zero-order valence-electron chi connectivity index (χ0n) is 16.2. The number of carbonyl (C=O) groups excluding carboxylic acids is 2. The molecule has 1 aromatic heterocycles. The maximum Gasteiger partial charge on any atom is 0.321 e. The molecule has 10 heteroatoms. The van der Waals surface area contributed by atoms with Crippen LogP contribution in [0.2, 0.25) is 0 Å². The number of carbonyl (C=O) groups is 2. The van der Waals surface area contributed by atoms with E-state index in [-0.39, 0.29) is 16.3 Å². The lowest BCUT2D eigenvalue weighted by Gasteiger charge is -2.17. The standard InChI is InChI=1S/C18H23N3O6S/c1-12-5-7-15(8-6-12)10-21(4)16(22)11-26-17(23)9-19-28(24,25)18-13(2)20-27-14(18)3/h5-8,19H,9-11H2,1-4H3. The van der Waals surface area contributed by atoms with E-state index in [9.17, 15) is 18.0 Å². The molecular formula is C18H23N3O6S. The molecule has 0 aliphatic rings. The number of aryl methyl sites for hydroxylation is 3. The molecule has 0 aliphatic heterocycles. The van der Waals surface area contributed by atoms with Gasteiger partial charge in [0.1, 0.15) is 17.1 Å². The molecule has 2 aromatic rings. The molecule has 0 saturated heterocycles. The van der Waals surface area contributed by atoms with Gasteiger partial charge in [-0.05, 0) is 26.3 Å². The lowest BCUT2D eigenvalue weighted by atomic mass is 10.1. The lowest BCUT2D eigenvalue weighted by Crippen LogP contribution is -2.34. The molecule has 1 amide bonds. The first-order valence-electron chi connectivity index (χ1n) is 8.48. The summed E-state index contributed by atoms with van der Waals surface area (Å²) in [5.41, 5.74) is 2.25. The fourth-order valence-corrected chi connectivity index (χ4v) is 3.74. The van der Waals surface area contributed by atoms with Crippen LogP contribution in [-0.2, 0) is 30.9 Å². The molecule has 1 N–H and O–H groups in total. The Morgan fingerprint density at radius 1 is 1.18 bits per heavy atom. The Hall–Kier alpha value is -2.72. The number of esters is 1. The number of likely N-dealkylation sites (N-methyl/N-ethyl adjacent to an activating group) is 1. The van der Waals surface area contributed by atoms with Crippen molar-refractivity contribution >= 4 is 21.9 Å². The number of ether oxygens (including phenoxy) is 1. The Bertz CT molecular complexity index is 931. The first kappa shape index (κ1) is 21.6. The molecule has 0 atom stereocenters. The van der Waals surface area contributed by atoms with Crippen molar-refractivity contribution < 1.29 is 27.3 Å². The minimum atomic E-state index is -3.97. The Kier molecular flexibility index (Phi) is 6.92. The van der Waals surface area contributed by atoms with Crippen LogP contribution in [0.15, 0.2) is 33.7 Å². The summed E-state index contributed by atoms with van der Waals surface area (Å²) in [5.74, 6) is -1.15. The predicted molar refractivity (Wildman–Crippen MR) is 99.8 cm³/mol. The maximum atomic E-state index is 12.2. The largest absolute Gasteiger partial charge is 0.455 e. The second-order valence-corrected chi connectivity index (χ2v) is 8.08. The van der Waals surface area contributed by atoms with Crippen molar-refractivity contribution in [3.63, 3.8) is 0 Å². The van der Waals surface area contributed by atoms with Crippen LogP contribution in [0, 0.1) is 20.8 Å². The summed E-state index contributed by atoms with van der Waals surface area (Å²) in [5, 5.41) is 3.57. The van der Waals surface area contributed by atoms with E-state index in [0.717, 1.165) is 11.1 Å². The molecule has 0 unspecified atom stereocenters. The van der Waals surface area contributed by atoms with E-state index in [0.29, 0.717) is 6.54 Å². The van der Waals surface area contributed by atoms with E-state index >= 15 is 0 Å². The normalized spacial score (nSPS) is 11.3. The van der Waals surface area contributed by atoms with Gasteiger partial charge in [-0.25, -0.2) is 8.42 Å². The highest BCUT2D eigenvalue weighted by molar-refractivity contribution is 7.89. The number of nitrogens with one attached hydrogen (secondary N) is 1. The van der Waals surface area contributed by atoms with Crippen LogP contribution in [0.25, 0.3) is 0 Å². The number of amides is 1. The lowest BCUT2D eigenvalue weighted by molar-refractivity contribution is -0.150. The van der Waals surface area contributed by atoms with Crippen molar-refractivity contribution in [2.45, 2.75) is 32.2 Å². The molecule has 0 bridgehead atoms. The molecule has 0 radical (unpaired) electrons. The molecule has 1 aromatic carbocycles. The van der Waals surface area contributed by atoms with Gasteiger partial charge in [-0.1, -0.05) is 35.0 Å². The van der Waals surface area contributed by atoms with Crippen molar-refractivity contribution in [3.05, 3.63) is 46.8 Å². The molecule has 0 fully saturated rings. The highest BCUT2D eigenvalue weighted by Gasteiger charge is 2.25. The third-order valence-electron chi connectivity index (χ3n) is 3.97. The summed E-state index contributed by atoms with van der Waals surface area (Å²) in [6.45, 7) is 4.18. The molecule has 0 saturated carbocycles. The molecule has 9 nitrogen and oxygen atoms in total. The van der Waals surface area contributed by atoms with Gasteiger partial charge >= 0.3 is 5.97 Å². The van der Waals surface area contributed by atoms with Crippen molar-refractivity contribution in [2.75, 3.05) is 20.2 Å². The topological polar surface area (TPSA) is 119 Å². The summed E-state index contributed by atoms with van der Waals surface area (Å²) in [4.78, 5) is 25.2. The van der Waals surface area contributed by atoms with Gasteiger partial charge in [0.05, 0.1) is 0 Å². The average molecular weight is 409 g/mol. The third kappa shape index (κ3) is 5.64. The van der Waals surface area contributed by atoms with Crippen molar-refractivity contribution in [1.82, 2.24) is 14.8 Å². The van der Waals surface area contributed by atoms with Gasteiger partial charge in [0.25, 0.3) is 5.91 Å². The number of aromatic nitrogens is 1. The number of benzene rings is 1. The van der Waals surface area contributed by atoms with Crippen molar-refractivity contribution in [2.24, 2.45) is 0 Å². The predicted octanol–water partition coefficient (Wildman–Crippen LogP) is 1.08. The molecule has 152 valence electrons. The van der Waals surface area contributed by atoms with E-state index in [4.69, 9.17) is 9.26 Å². The SMILES string of the molecule is Cc1ccc(CN(C)C(=O)COC(=O)CNS(=O)(=O)c2c(C)noc2C)cc1. The van der Waals surface area contributed by atoms with Crippen LogP contribution >= 0.6 is 0 Å². The van der Waals surface area contributed by atoms with Crippen LogP contribution < -0.4 is 4.72 Å². The monoisotopic (exact) mass is 409 g/mol. The molecule has 2 rings (SSSR count). The maximum absolute atomic E-state index is 12.2. The average Bonchev–Trinajstić information content (AvgIpc) is 2.99. The number of sulfonamides is 1. The summed E-state index contributed by atoms with van der Waals surface area (Å²) in [7, 11) is -2.38. The van der Waals surface area contributed by atoms with Gasteiger partial charge in [0.15, 0.2) is 12.4 Å². The Morgan fingerprint density at radius 2 is 1.82 bits per heavy atom. The Labute approximate surface area is 163 Å². The first-order chi connectivity index (χ1) is 13.1. The molecule has 28 heavy (non-hydrogen) atoms. The number of hydrogen-bond acceptors (Lipinski definition) is 7. The van der Waals surface area contributed by atoms with E-state index in [1.165, 1.54) is 18.7 Å². The number of hydrogen-bond donors (Lipinski definition) is 1. The summed E-state index contributed by atoms with van der Waals surface area (Å²) >= 11 is 0. The number of nitrogens with zero attached hydrogens (tertiary/aromatic N) is 2. The van der Waals surface area contributed by atoms with Gasteiger partial charge in [0, 0.05) is 13.6 Å². The molecule has 1 heterocycles. The Morgan fingerprint density at radius 3 is 2.39 bits per heavy atom. The molecule has 0 spiro atoms. The van der Waals surface area contributed by atoms with Crippen LogP contribution in [-0.4, -0.2) is 50.6 Å². The minimum Gasteiger partial charge on any atom is -0.455 e. The fourth-order valence-electron chi connectivity index (χ4n) is 2.44. The van der Waals surface area contributed by atoms with Crippen LogP contribution in [0.4, 0.5) is 0 Å². The minimum absolute atomic E-state index is 0.116. The first-order valence-corrected chi connectivity index (χ1v) is 9.96. The van der Waals surface area contributed by atoms with Crippen LogP contribution in [0.5, 0.6) is 0 Å².